The molecule has 0 bridgehead atoms. The highest BCUT2D eigenvalue weighted by Crippen LogP contribution is 2.37. The topological polar surface area (TPSA) is 83.5 Å². The Kier molecular flexibility index (Phi) is 3.98. The van der Waals surface area contributed by atoms with Crippen LogP contribution in [0.5, 0.6) is 0 Å². The van der Waals surface area contributed by atoms with E-state index in [0.29, 0.717) is 6.54 Å². The van der Waals surface area contributed by atoms with Gasteiger partial charge >= 0.3 is 5.97 Å². The van der Waals surface area contributed by atoms with Crippen molar-refractivity contribution in [3.05, 3.63) is 16.3 Å². The number of hydrogen-bond donors (Lipinski definition) is 2. The summed E-state index contributed by atoms with van der Waals surface area (Å²) in [7, 11) is -3.74. The predicted octanol–water partition coefficient (Wildman–Crippen LogP) is 2.30. The molecule has 1 aliphatic rings. The van der Waals surface area contributed by atoms with Crippen molar-refractivity contribution in [3.8, 4) is 0 Å². The van der Waals surface area contributed by atoms with Crippen LogP contribution in [0.1, 0.15) is 42.3 Å². The van der Waals surface area contributed by atoms with Crippen molar-refractivity contribution >= 4 is 27.3 Å². The van der Waals surface area contributed by atoms with Crippen molar-refractivity contribution in [1.82, 2.24) is 4.72 Å². The van der Waals surface area contributed by atoms with Crippen LogP contribution in [-0.4, -0.2) is 26.0 Å². The van der Waals surface area contributed by atoms with Crippen molar-refractivity contribution in [3.63, 3.8) is 0 Å². The summed E-state index contributed by atoms with van der Waals surface area (Å²) in [6, 6.07) is 1.34. The second kappa shape index (κ2) is 5.22. The summed E-state index contributed by atoms with van der Waals surface area (Å²) in [5.74, 6) is -1.21. The largest absolute Gasteiger partial charge is 0.477 e. The molecular formula is C12H17NO4S2. The zero-order valence-electron chi connectivity index (χ0n) is 10.7. The van der Waals surface area contributed by atoms with Crippen LogP contribution in [0.2, 0.25) is 0 Å². The van der Waals surface area contributed by atoms with Crippen molar-refractivity contribution < 1.29 is 18.3 Å². The molecule has 0 aromatic carbocycles. The van der Waals surface area contributed by atoms with Gasteiger partial charge in [0, 0.05) is 6.54 Å². The van der Waals surface area contributed by atoms with E-state index in [1.807, 2.05) is 0 Å². The summed E-state index contributed by atoms with van der Waals surface area (Å²) in [5, 5.41) is 10.4. The number of carbonyl (C=O) groups is 1. The Hall–Kier alpha value is -0.920. The van der Waals surface area contributed by atoms with E-state index in [1.165, 1.54) is 11.4 Å². The molecule has 0 spiro atoms. The van der Waals surface area contributed by atoms with Crippen molar-refractivity contribution in [2.75, 3.05) is 6.54 Å². The van der Waals surface area contributed by atoms with Crippen LogP contribution in [0, 0.1) is 5.41 Å². The molecule has 19 heavy (non-hydrogen) atoms. The zero-order valence-corrected chi connectivity index (χ0v) is 12.3. The van der Waals surface area contributed by atoms with E-state index in [9.17, 15) is 13.2 Å². The van der Waals surface area contributed by atoms with Crippen LogP contribution in [0.4, 0.5) is 0 Å². The normalized spacial score (nSPS) is 18.6. The van der Waals surface area contributed by atoms with E-state index < -0.39 is 16.0 Å². The van der Waals surface area contributed by atoms with E-state index in [4.69, 9.17) is 5.11 Å². The minimum atomic E-state index is -3.74. The molecule has 5 nitrogen and oxygen atoms in total. The predicted molar refractivity (Wildman–Crippen MR) is 73.0 cm³/mol. The molecule has 7 heteroatoms. The minimum absolute atomic E-state index is 0.00746. The van der Waals surface area contributed by atoms with Gasteiger partial charge in [-0.1, -0.05) is 19.8 Å². The lowest BCUT2D eigenvalue weighted by Crippen LogP contribution is -2.34. The van der Waals surface area contributed by atoms with Gasteiger partial charge in [0.25, 0.3) is 0 Å². The summed E-state index contributed by atoms with van der Waals surface area (Å²) >= 11 is 0.923. The molecule has 2 N–H and O–H groups in total. The molecule has 2 rings (SSSR count). The minimum Gasteiger partial charge on any atom is -0.477 e. The first-order chi connectivity index (χ1) is 8.84. The summed E-state index contributed by atoms with van der Waals surface area (Å²) < 4.78 is 26.9. The van der Waals surface area contributed by atoms with Gasteiger partial charge < -0.3 is 5.11 Å². The lowest BCUT2D eigenvalue weighted by Gasteiger charge is -2.23. The van der Waals surface area contributed by atoms with Gasteiger partial charge in [-0.3, -0.25) is 0 Å². The molecule has 1 fully saturated rings. The number of rotatable bonds is 5. The number of carboxylic acids is 1. The molecule has 1 aliphatic carbocycles. The van der Waals surface area contributed by atoms with Gasteiger partial charge in [0.15, 0.2) is 0 Å². The van der Waals surface area contributed by atoms with Crippen LogP contribution in [0.25, 0.3) is 0 Å². The quantitative estimate of drug-likeness (QED) is 0.874. The highest BCUT2D eigenvalue weighted by molar-refractivity contribution is 7.89. The summed E-state index contributed by atoms with van der Waals surface area (Å²) in [4.78, 5) is 10.7. The smallest absolute Gasteiger partial charge is 0.347 e. The van der Waals surface area contributed by atoms with E-state index >= 15 is 0 Å². The fraction of sp³-hybridized carbons (Fsp3) is 0.583. The average Bonchev–Trinajstić information content (AvgIpc) is 2.96. The second-order valence-corrected chi connectivity index (χ2v) is 7.91. The summed E-state index contributed by atoms with van der Waals surface area (Å²) in [6.07, 6.45) is 4.25. The molecule has 1 aromatic heterocycles. The Balaban J connectivity index is 2.14. The third-order valence-electron chi connectivity index (χ3n) is 3.61. The zero-order chi connectivity index (χ0) is 14.1. The first-order valence-electron chi connectivity index (χ1n) is 6.15. The molecular weight excluding hydrogens is 286 g/mol. The Labute approximate surface area is 116 Å². The SMILES string of the molecule is CC1(CNS(=O)(=O)c2ccsc2C(=O)O)CCCC1. The standard InChI is InChI=1S/C12H17NO4S2/c1-12(5-2-3-6-12)8-13-19(16,17)9-4-7-18-10(9)11(14)15/h4,7,13H,2-3,5-6,8H2,1H3,(H,14,15). The fourth-order valence-electron chi connectivity index (χ4n) is 2.42. The highest BCUT2D eigenvalue weighted by atomic mass is 32.2. The number of aromatic carboxylic acids is 1. The van der Waals surface area contributed by atoms with Crippen LogP contribution >= 0.6 is 11.3 Å². The number of carboxylic acid groups (broad SMARTS) is 1. The summed E-state index contributed by atoms with van der Waals surface area (Å²) in [5.41, 5.74) is -0.00746. The molecule has 106 valence electrons. The van der Waals surface area contributed by atoms with Crippen molar-refractivity contribution in [1.29, 1.82) is 0 Å². The van der Waals surface area contributed by atoms with E-state index in [2.05, 4.69) is 11.6 Å². The first-order valence-corrected chi connectivity index (χ1v) is 8.51. The molecule has 0 atom stereocenters. The second-order valence-electron chi connectivity index (χ2n) is 5.26. The fourth-order valence-corrected chi connectivity index (χ4v) is 4.87. The van der Waals surface area contributed by atoms with Gasteiger partial charge in [-0.15, -0.1) is 11.3 Å². The molecule has 1 saturated carbocycles. The van der Waals surface area contributed by atoms with Gasteiger partial charge in [-0.2, -0.15) is 0 Å². The van der Waals surface area contributed by atoms with Crippen molar-refractivity contribution in [2.45, 2.75) is 37.5 Å². The number of hydrogen-bond acceptors (Lipinski definition) is 4. The van der Waals surface area contributed by atoms with Gasteiger partial charge in [0.2, 0.25) is 10.0 Å². The van der Waals surface area contributed by atoms with Crippen molar-refractivity contribution in [2.24, 2.45) is 5.41 Å². The molecule has 1 heterocycles. The highest BCUT2D eigenvalue weighted by Gasteiger charge is 2.31. The van der Waals surface area contributed by atoms with Crippen LogP contribution in [-0.2, 0) is 10.0 Å². The van der Waals surface area contributed by atoms with E-state index in [1.54, 1.807) is 0 Å². The maximum absolute atomic E-state index is 12.1. The van der Waals surface area contributed by atoms with Gasteiger partial charge in [-0.25, -0.2) is 17.9 Å². The molecule has 0 radical (unpaired) electrons. The third kappa shape index (κ3) is 3.16. The van der Waals surface area contributed by atoms with E-state index in [-0.39, 0.29) is 15.2 Å². The van der Waals surface area contributed by atoms with Gasteiger partial charge in [-0.05, 0) is 29.7 Å². The molecule has 0 amide bonds. The van der Waals surface area contributed by atoms with Crippen LogP contribution in [0.3, 0.4) is 0 Å². The monoisotopic (exact) mass is 303 g/mol. The molecule has 1 aromatic rings. The first kappa shape index (κ1) is 14.5. The Bertz CT molecular complexity index is 570. The van der Waals surface area contributed by atoms with Gasteiger partial charge in [0.1, 0.15) is 9.77 Å². The molecule has 0 aliphatic heterocycles. The molecule has 0 saturated heterocycles. The Morgan fingerprint density at radius 3 is 2.68 bits per heavy atom. The summed E-state index contributed by atoms with van der Waals surface area (Å²) in [6.45, 7) is 2.43. The number of nitrogens with one attached hydrogen (secondary N) is 1. The van der Waals surface area contributed by atoms with Gasteiger partial charge in [0.05, 0.1) is 0 Å². The lowest BCUT2D eigenvalue weighted by atomic mass is 9.89. The maximum atomic E-state index is 12.1. The molecule has 0 unspecified atom stereocenters. The number of thiophene rings is 1. The lowest BCUT2D eigenvalue weighted by molar-refractivity contribution is 0.0698. The van der Waals surface area contributed by atoms with Crippen LogP contribution in [0.15, 0.2) is 16.3 Å². The average molecular weight is 303 g/mol. The van der Waals surface area contributed by atoms with Crippen LogP contribution < -0.4 is 4.72 Å². The third-order valence-corrected chi connectivity index (χ3v) is 6.09. The Morgan fingerprint density at radius 1 is 1.47 bits per heavy atom. The maximum Gasteiger partial charge on any atom is 0.347 e. The Morgan fingerprint density at radius 2 is 2.11 bits per heavy atom. The van der Waals surface area contributed by atoms with E-state index in [0.717, 1.165) is 37.0 Å². The number of sulfonamides is 1.